The standard InChI is InChI=1S/C22H17N3O4S2/c1-27-15-9-10-16(28-2)19-18(15)24-22(31-19)25(12-13-6-5-11-29-13)21(26)20-23-14-7-3-4-8-17(14)30-20/h3-11H,12H2,1-2H3. The number of anilines is 1. The van der Waals surface area contributed by atoms with Crippen LogP contribution in [0.4, 0.5) is 5.13 Å². The molecule has 2 aromatic carbocycles. The number of methoxy groups -OCH3 is 2. The molecular weight excluding hydrogens is 434 g/mol. The Labute approximate surface area is 185 Å². The van der Waals surface area contributed by atoms with E-state index in [1.807, 2.05) is 36.4 Å². The van der Waals surface area contributed by atoms with Gasteiger partial charge >= 0.3 is 0 Å². The average molecular weight is 452 g/mol. The number of furan rings is 1. The van der Waals surface area contributed by atoms with E-state index < -0.39 is 0 Å². The molecule has 0 bridgehead atoms. The molecule has 0 N–H and O–H groups in total. The molecule has 0 saturated heterocycles. The third-order valence-electron chi connectivity index (χ3n) is 4.75. The Bertz CT molecular complexity index is 1300. The molecule has 0 aliphatic carbocycles. The molecule has 0 spiro atoms. The highest BCUT2D eigenvalue weighted by molar-refractivity contribution is 7.23. The zero-order valence-corrected chi connectivity index (χ0v) is 18.3. The van der Waals surface area contributed by atoms with Gasteiger partial charge in [-0.15, -0.1) is 11.3 Å². The van der Waals surface area contributed by atoms with E-state index in [2.05, 4.69) is 4.98 Å². The first kappa shape index (κ1) is 19.5. The monoisotopic (exact) mass is 451 g/mol. The number of fused-ring (bicyclic) bond motifs is 2. The van der Waals surface area contributed by atoms with Gasteiger partial charge in [0.1, 0.15) is 27.5 Å². The van der Waals surface area contributed by atoms with Crippen LogP contribution < -0.4 is 14.4 Å². The molecule has 1 amide bonds. The van der Waals surface area contributed by atoms with Crippen molar-refractivity contribution in [3.05, 3.63) is 65.6 Å². The molecule has 3 aromatic heterocycles. The van der Waals surface area contributed by atoms with E-state index in [9.17, 15) is 4.79 Å². The maximum atomic E-state index is 13.6. The number of benzene rings is 2. The van der Waals surface area contributed by atoms with Crippen LogP contribution in [-0.4, -0.2) is 30.1 Å². The lowest BCUT2D eigenvalue weighted by atomic mass is 10.3. The second-order valence-electron chi connectivity index (χ2n) is 6.60. The summed E-state index contributed by atoms with van der Waals surface area (Å²) >= 11 is 2.72. The van der Waals surface area contributed by atoms with Crippen molar-refractivity contribution in [2.45, 2.75) is 6.54 Å². The second kappa shape index (κ2) is 8.01. The van der Waals surface area contributed by atoms with Crippen LogP contribution in [0.5, 0.6) is 11.5 Å². The lowest BCUT2D eigenvalue weighted by Gasteiger charge is -2.17. The maximum absolute atomic E-state index is 13.6. The van der Waals surface area contributed by atoms with Gasteiger partial charge in [0, 0.05) is 0 Å². The number of nitrogens with zero attached hydrogens (tertiary/aromatic N) is 3. The summed E-state index contributed by atoms with van der Waals surface area (Å²) in [5, 5.41) is 0.907. The second-order valence-corrected chi connectivity index (χ2v) is 8.61. The van der Waals surface area contributed by atoms with E-state index in [-0.39, 0.29) is 12.5 Å². The topological polar surface area (TPSA) is 77.7 Å². The Morgan fingerprint density at radius 2 is 1.81 bits per heavy atom. The van der Waals surface area contributed by atoms with E-state index in [0.29, 0.717) is 32.9 Å². The number of ether oxygens (including phenoxy) is 2. The van der Waals surface area contributed by atoms with Crippen LogP contribution in [0.25, 0.3) is 20.4 Å². The molecule has 9 heteroatoms. The molecule has 0 saturated carbocycles. The van der Waals surface area contributed by atoms with Gasteiger partial charge < -0.3 is 13.9 Å². The molecule has 0 radical (unpaired) electrons. The van der Waals surface area contributed by atoms with Crippen molar-refractivity contribution < 1.29 is 18.7 Å². The van der Waals surface area contributed by atoms with E-state index in [4.69, 9.17) is 18.9 Å². The van der Waals surface area contributed by atoms with Gasteiger partial charge in [0.05, 0.1) is 37.2 Å². The van der Waals surface area contributed by atoms with Gasteiger partial charge in [-0.2, -0.15) is 0 Å². The van der Waals surface area contributed by atoms with Gasteiger partial charge in [0.2, 0.25) is 0 Å². The van der Waals surface area contributed by atoms with Crippen molar-refractivity contribution in [1.82, 2.24) is 9.97 Å². The first-order valence-corrected chi connectivity index (χ1v) is 11.0. The molecular formula is C22H17N3O4S2. The number of carbonyl (C=O) groups excluding carboxylic acids is 1. The first-order valence-electron chi connectivity index (χ1n) is 9.39. The van der Waals surface area contributed by atoms with E-state index in [0.717, 1.165) is 14.9 Å². The number of hydrogen-bond acceptors (Lipinski definition) is 8. The molecule has 0 fully saturated rings. The van der Waals surface area contributed by atoms with Crippen molar-refractivity contribution >= 4 is 54.1 Å². The van der Waals surface area contributed by atoms with Crippen LogP contribution in [0.2, 0.25) is 0 Å². The molecule has 31 heavy (non-hydrogen) atoms. The summed E-state index contributed by atoms with van der Waals surface area (Å²) in [5.74, 6) is 1.69. The zero-order chi connectivity index (χ0) is 21.4. The highest BCUT2D eigenvalue weighted by Crippen LogP contribution is 2.41. The molecule has 7 nitrogen and oxygen atoms in total. The number of para-hydroxylation sites is 1. The van der Waals surface area contributed by atoms with Gasteiger partial charge in [-0.1, -0.05) is 23.5 Å². The molecule has 0 unspecified atom stereocenters. The summed E-state index contributed by atoms with van der Waals surface area (Å²) in [5.41, 5.74) is 1.44. The summed E-state index contributed by atoms with van der Waals surface area (Å²) in [6.07, 6.45) is 1.58. The highest BCUT2D eigenvalue weighted by atomic mass is 32.1. The number of amides is 1. The minimum absolute atomic E-state index is 0.228. The van der Waals surface area contributed by atoms with Crippen LogP contribution in [-0.2, 0) is 6.54 Å². The minimum atomic E-state index is -0.241. The molecule has 5 aromatic rings. The smallest absolute Gasteiger partial charge is 0.289 e. The lowest BCUT2D eigenvalue weighted by molar-refractivity contribution is 0.0983. The SMILES string of the molecule is COc1ccc(OC)c2sc(N(Cc3ccco3)C(=O)c3nc4ccccc4s3)nc12. The average Bonchev–Trinajstić information content (AvgIpc) is 3.55. The number of rotatable bonds is 6. The predicted octanol–water partition coefficient (Wildman–Crippen LogP) is 5.36. The van der Waals surface area contributed by atoms with Gasteiger partial charge in [0.15, 0.2) is 10.1 Å². The Morgan fingerprint density at radius 1 is 1.00 bits per heavy atom. The van der Waals surface area contributed by atoms with Crippen molar-refractivity contribution in [1.29, 1.82) is 0 Å². The fraction of sp³-hybridized carbons (Fsp3) is 0.136. The van der Waals surface area contributed by atoms with Crippen molar-refractivity contribution in [3.63, 3.8) is 0 Å². The Balaban J connectivity index is 1.63. The van der Waals surface area contributed by atoms with E-state index in [1.165, 1.54) is 22.7 Å². The zero-order valence-electron chi connectivity index (χ0n) is 16.7. The Kier molecular flexibility index (Phi) is 5.05. The van der Waals surface area contributed by atoms with Crippen LogP contribution in [0.3, 0.4) is 0 Å². The fourth-order valence-electron chi connectivity index (χ4n) is 3.25. The molecule has 0 aliphatic heterocycles. The third kappa shape index (κ3) is 3.51. The molecule has 5 rings (SSSR count). The summed E-state index contributed by atoms with van der Waals surface area (Å²) in [7, 11) is 3.20. The largest absolute Gasteiger partial charge is 0.495 e. The van der Waals surface area contributed by atoms with Crippen molar-refractivity contribution in [2.24, 2.45) is 0 Å². The lowest BCUT2D eigenvalue weighted by Crippen LogP contribution is -2.30. The Hall–Kier alpha value is -3.43. The first-order chi connectivity index (χ1) is 15.2. The van der Waals surface area contributed by atoms with Gasteiger partial charge in [0.25, 0.3) is 5.91 Å². The summed E-state index contributed by atoms with van der Waals surface area (Å²) in [4.78, 5) is 24.4. The van der Waals surface area contributed by atoms with Gasteiger partial charge in [-0.3, -0.25) is 9.69 Å². The van der Waals surface area contributed by atoms with Crippen molar-refractivity contribution in [2.75, 3.05) is 19.1 Å². The predicted molar refractivity (Wildman–Crippen MR) is 122 cm³/mol. The van der Waals surface area contributed by atoms with E-state index in [1.54, 1.807) is 37.5 Å². The fourth-order valence-corrected chi connectivity index (χ4v) is 5.24. The van der Waals surface area contributed by atoms with Crippen LogP contribution in [0, 0.1) is 0 Å². The summed E-state index contributed by atoms with van der Waals surface area (Å²) in [6, 6.07) is 14.9. The molecule has 0 atom stereocenters. The molecule has 156 valence electrons. The van der Waals surface area contributed by atoms with Gasteiger partial charge in [-0.05, 0) is 36.4 Å². The van der Waals surface area contributed by atoms with E-state index >= 15 is 0 Å². The molecule has 0 aliphatic rings. The van der Waals surface area contributed by atoms with Crippen LogP contribution >= 0.6 is 22.7 Å². The summed E-state index contributed by atoms with van der Waals surface area (Å²) < 4.78 is 18.2. The number of aromatic nitrogens is 2. The summed E-state index contributed by atoms with van der Waals surface area (Å²) in [6.45, 7) is 0.228. The van der Waals surface area contributed by atoms with Crippen LogP contribution in [0.15, 0.2) is 59.2 Å². The third-order valence-corrected chi connectivity index (χ3v) is 6.86. The Morgan fingerprint density at radius 3 is 2.55 bits per heavy atom. The number of carbonyl (C=O) groups is 1. The number of hydrogen-bond donors (Lipinski definition) is 0. The minimum Gasteiger partial charge on any atom is -0.495 e. The van der Waals surface area contributed by atoms with Gasteiger partial charge in [-0.25, -0.2) is 9.97 Å². The van der Waals surface area contributed by atoms with Crippen molar-refractivity contribution in [3.8, 4) is 11.5 Å². The quantitative estimate of drug-likeness (QED) is 0.346. The highest BCUT2D eigenvalue weighted by Gasteiger charge is 2.27. The normalized spacial score (nSPS) is 11.2. The molecule has 3 heterocycles. The maximum Gasteiger partial charge on any atom is 0.289 e. The van der Waals surface area contributed by atoms with Crippen LogP contribution in [0.1, 0.15) is 15.6 Å². The number of thiazole rings is 2.